The van der Waals surface area contributed by atoms with Gasteiger partial charge in [0.1, 0.15) is 11.8 Å². The van der Waals surface area contributed by atoms with E-state index in [1.54, 1.807) is 18.3 Å². The molecule has 13 nitrogen and oxygen atoms in total. The van der Waals surface area contributed by atoms with Gasteiger partial charge in [-0.05, 0) is 28.1 Å². The van der Waals surface area contributed by atoms with Crippen LogP contribution in [-0.2, 0) is 0 Å². The van der Waals surface area contributed by atoms with Crippen molar-refractivity contribution in [2.75, 3.05) is 0 Å². The summed E-state index contributed by atoms with van der Waals surface area (Å²) in [5.74, 6) is 0. The molecule has 0 saturated heterocycles. The van der Waals surface area contributed by atoms with E-state index in [9.17, 15) is 0 Å². The Morgan fingerprint density at radius 2 is 1.10 bits per heavy atom. The van der Waals surface area contributed by atoms with E-state index in [0.717, 1.165) is 4.47 Å². The Bertz CT molecular complexity index is 246. The maximum atomic E-state index is 8.30. The van der Waals surface area contributed by atoms with Gasteiger partial charge in [0.2, 0.25) is 0 Å². The predicted octanol–water partition coefficient (Wildman–Crippen LogP) is 3.50. The summed E-state index contributed by atoms with van der Waals surface area (Å²) in [5.41, 5.74) is 0.443. The average molecular weight is 370 g/mol. The molecule has 0 unspecified atom stereocenters. The summed E-state index contributed by atoms with van der Waals surface area (Å²) in [5, 5.41) is 8.30. The van der Waals surface area contributed by atoms with Crippen molar-refractivity contribution in [2.24, 2.45) is 0 Å². The summed E-state index contributed by atoms with van der Waals surface area (Å²) in [7, 11) is 0. The Hall–Kier alpha value is -1.32. The van der Waals surface area contributed by atoms with Crippen LogP contribution < -0.4 is 67.7 Å². The van der Waals surface area contributed by atoms with E-state index < -0.39 is 0 Å². The van der Waals surface area contributed by atoms with Crippen molar-refractivity contribution in [3.63, 3.8) is 0 Å². The van der Waals surface area contributed by atoms with Gasteiger partial charge in [0.05, 0.1) is 0 Å². The molecule has 0 aliphatic rings. The molecule has 1 heterocycles. The van der Waals surface area contributed by atoms with Gasteiger partial charge in [-0.25, -0.2) is 4.98 Å². The lowest BCUT2D eigenvalue weighted by molar-refractivity contribution is 1.25. The molecule has 20 heavy (non-hydrogen) atoms. The van der Waals surface area contributed by atoms with Crippen LogP contribution in [0.5, 0.6) is 0 Å². The van der Waals surface area contributed by atoms with Crippen LogP contribution in [0.3, 0.4) is 0 Å². The monoisotopic (exact) mass is 369 g/mol. The molecule has 0 amide bonds. The van der Waals surface area contributed by atoms with E-state index in [0.29, 0.717) is 5.69 Å². The van der Waals surface area contributed by atoms with Crippen LogP contribution in [0.15, 0.2) is 22.8 Å². The van der Waals surface area contributed by atoms with Crippen LogP contribution in [0.2, 0.25) is 0 Å². The van der Waals surface area contributed by atoms with Crippen molar-refractivity contribution in [3.8, 4) is 6.07 Å². The third-order valence-corrected chi connectivity index (χ3v) is 1.31. The Morgan fingerprint density at radius 1 is 0.750 bits per heavy atom. The molecule has 0 spiro atoms. The molecule has 1 rings (SSSR count). The molecule has 0 atom stereocenters. The molecule has 0 aromatic carbocycles. The van der Waals surface area contributed by atoms with Crippen LogP contribution in [0, 0.1) is 11.3 Å². The lowest BCUT2D eigenvalue weighted by Gasteiger charge is -1.85. The van der Waals surface area contributed by atoms with E-state index in [-0.39, 0.29) is 67.7 Å². The number of hydrogen-bond acceptors (Lipinski definition) is 13. The number of rotatable bonds is 0. The topological polar surface area (TPSA) is 422 Å². The zero-order valence-electron chi connectivity index (χ0n) is 12.3. The molecule has 1 aromatic heterocycles. The molecule has 132 valence electrons. The smallest absolute Gasteiger partial charge is 0.140 e. The average Bonchev–Trinajstić information content (AvgIpc) is 1.90. The van der Waals surface area contributed by atoms with Gasteiger partial charge in [0, 0.05) is 10.7 Å². The van der Waals surface area contributed by atoms with Gasteiger partial charge in [-0.2, -0.15) is 5.26 Å². The van der Waals surface area contributed by atoms with Crippen LogP contribution >= 0.6 is 15.9 Å². The van der Waals surface area contributed by atoms with Gasteiger partial charge in [0.25, 0.3) is 0 Å². The quantitative estimate of drug-likeness (QED) is 0.311. The zero-order valence-corrected chi connectivity index (χ0v) is 13.9. The van der Waals surface area contributed by atoms with E-state index in [1.807, 2.05) is 6.07 Å². The summed E-state index contributed by atoms with van der Waals surface area (Å²) < 4.78 is 0.890. The molecule has 0 aliphatic heterocycles. The fraction of sp³-hybridized carbons (Fsp3) is 0. The van der Waals surface area contributed by atoms with Crippen molar-refractivity contribution in [1.82, 2.24) is 72.6 Å². The van der Waals surface area contributed by atoms with E-state index in [1.165, 1.54) is 0 Å². The lowest BCUT2D eigenvalue weighted by Crippen LogP contribution is -1.77. The Balaban J connectivity index is -0.00000000818. The summed E-state index contributed by atoms with van der Waals surface area (Å²) in [6.45, 7) is 0. The summed E-state index contributed by atoms with van der Waals surface area (Å²) in [4.78, 5) is 3.79. The highest BCUT2D eigenvalue weighted by Gasteiger charge is 1.87. The molecule has 14 heteroatoms. The van der Waals surface area contributed by atoms with Crippen molar-refractivity contribution < 1.29 is 0 Å². The first-order chi connectivity index (χ1) is 4.33. The number of halogens is 1. The first-order valence-corrected chi connectivity index (χ1v) is 3.14. The second-order valence-electron chi connectivity index (χ2n) is 1.47. The molecule has 1 aromatic rings. The van der Waals surface area contributed by atoms with Gasteiger partial charge < -0.3 is 67.7 Å². The van der Waals surface area contributed by atoms with Crippen molar-refractivity contribution in [2.45, 2.75) is 0 Å². The van der Waals surface area contributed by atoms with Crippen molar-refractivity contribution in [1.29, 1.82) is 5.26 Å². The minimum Gasteiger partial charge on any atom is -0.344 e. The third-order valence-electron chi connectivity index (χ3n) is 0.842. The zero-order chi connectivity index (χ0) is 6.69. The molecule has 0 bridgehead atoms. The van der Waals surface area contributed by atoms with Crippen LogP contribution in [-0.4, -0.2) is 4.98 Å². The highest BCUT2D eigenvalue weighted by Crippen LogP contribution is 2.05. The number of nitrogens with zero attached hydrogens (tertiary/aromatic N) is 2. The third kappa shape index (κ3) is 36.0. The maximum Gasteiger partial charge on any atom is 0.140 e. The maximum absolute atomic E-state index is 8.30. The fourth-order valence-corrected chi connectivity index (χ4v) is 0.676. The summed E-state index contributed by atoms with van der Waals surface area (Å²) >= 11 is 3.20. The van der Waals surface area contributed by atoms with Gasteiger partial charge in [0.15, 0.2) is 0 Å². The number of pyridine rings is 1. The SMILES string of the molecule is N.N.N.N.N.N.N.N.N.N.N.N#Cc1ccc(Br)cn1. The summed E-state index contributed by atoms with van der Waals surface area (Å²) in [6, 6.07) is 5.36. The number of nitriles is 1. The van der Waals surface area contributed by atoms with E-state index in [4.69, 9.17) is 5.26 Å². The highest BCUT2D eigenvalue weighted by molar-refractivity contribution is 9.10. The summed E-state index contributed by atoms with van der Waals surface area (Å²) in [6.07, 6.45) is 1.60. The second kappa shape index (κ2) is 52.5. The van der Waals surface area contributed by atoms with Crippen molar-refractivity contribution in [3.05, 3.63) is 28.5 Å². The second-order valence-corrected chi connectivity index (χ2v) is 2.39. The van der Waals surface area contributed by atoms with Gasteiger partial charge in [-0.1, -0.05) is 0 Å². The molecular formula is C6H36BrN13. The molecule has 33 N–H and O–H groups in total. The van der Waals surface area contributed by atoms with Gasteiger partial charge >= 0.3 is 0 Å². The van der Waals surface area contributed by atoms with Crippen LogP contribution in [0.25, 0.3) is 0 Å². The van der Waals surface area contributed by atoms with Gasteiger partial charge in [-0.3, -0.25) is 0 Å². The van der Waals surface area contributed by atoms with E-state index in [2.05, 4.69) is 20.9 Å². The van der Waals surface area contributed by atoms with Crippen molar-refractivity contribution >= 4 is 15.9 Å². The number of hydrogen-bond donors (Lipinski definition) is 11. The molecule has 0 radical (unpaired) electrons. The van der Waals surface area contributed by atoms with E-state index >= 15 is 0 Å². The molecule has 0 saturated carbocycles. The van der Waals surface area contributed by atoms with Crippen LogP contribution in [0.1, 0.15) is 5.69 Å². The Morgan fingerprint density at radius 3 is 1.30 bits per heavy atom. The normalized spacial score (nSPS) is 3.80. The minimum absolute atomic E-state index is 0. The highest BCUT2D eigenvalue weighted by atomic mass is 79.9. The fourth-order valence-electron chi connectivity index (χ4n) is 0.442. The Labute approximate surface area is 129 Å². The lowest BCUT2D eigenvalue weighted by atomic mass is 10.4. The predicted molar refractivity (Wildman–Crippen MR) is 91.9 cm³/mol. The molecular weight excluding hydrogens is 334 g/mol. The van der Waals surface area contributed by atoms with Gasteiger partial charge in [-0.15, -0.1) is 0 Å². The standard InChI is InChI=1S/C6H3BrN2.11H3N/c7-5-1-2-6(3-8)9-4-5;;;;;;;;;;;/h1-2,4H;11*1H3. The van der Waals surface area contributed by atoms with Crippen LogP contribution in [0.4, 0.5) is 0 Å². The first kappa shape index (κ1) is 99.0. The largest absolute Gasteiger partial charge is 0.344 e. The first-order valence-electron chi connectivity index (χ1n) is 2.34. The molecule has 0 aliphatic carbocycles. The Kier molecular flexibility index (Phi) is 260. The number of aromatic nitrogens is 1. The molecule has 0 fully saturated rings. The minimum atomic E-state index is 0.